The Morgan fingerprint density at radius 2 is 2.12 bits per heavy atom. The highest BCUT2D eigenvalue weighted by atomic mass is 16.5. The van der Waals surface area contributed by atoms with Crippen LogP contribution >= 0.6 is 0 Å². The lowest BCUT2D eigenvalue weighted by Crippen LogP contribution is -2.31. The molecule has 0 aliphatic carbocycles. The summed E-state index contributed by atoms with van der Waals surface area (Å²) in [4.78, 5) is 0. The Kier molecular flexibility index (Phi) is 4.59. The van der Waals surface area contributed by atoms with E-state index < -0.39 is 7.12 Å². The summed E-state index contributed by atoms with van der Waals surface area (Å²) in [5.41, 5.74) is 2.40. The molecule has 0 heterocycles. The predicted octanol–water partition coefficient (Wildman–Crippen LogP) is 1.02. The minimum Gasteiger partial charge on any atom is -0.493 e. The quantitative estimate of drug-likeness (QED) is 0.575. The molecule has 0 aromatic heterocycles. The summed E-state index contributed by atoms with van der Waals surface area (Å²) in [5.74, 6) is 0.739. The summed E-state index contributed by atoms with van der Waals surface area (Å²) in [6.45, 7) is 8.17. The first-order valence-electron chi connectivity index (χ1n) is 5.24. The molecule has 4 heteroatoms. The Labute approximate surface area is 96.5 Å². The molecule has 0 aliphatic heterocycles. The average molecular weight is 220 g/mol. The van der Waals surface area contributed by atoms with Gasteiger partial charge >= 0.3 is 7.12 Å². The molecule has 0 fully saturated rings. The molecule has 0 unspecified atom stereocenters. The first-order chi connectivity index (χ1) is 7.50. The highest BCUT2D eigenvalue weighted by Gasteiger charge is 2.13. The van der Waals surface area contributed by atoms with Gasteiger partial charge in [-0.1, -0.05) is 11.6 Å². The van der Waals surface area contributed by atoms with E-state index in [-0.39, 0.29) is 0 Å². The van der Waals surface area contributed by atoms with Crippen LogP contribution in [0.4, 0.5) is 0 Å². The van der Waals surface area contributed by atoms with Gasteiger partial charge in [-0.2, -0.15) is 0 Å². The van der Waals surface area contributed by atoms with Gasteiger partial charge in [-0.05, 0) is 37.0 Å². The molecule has 2 N–H and O–H groups in total. The molecule has 1 aromatic rings. The van der Waals surface area contributed by atoms with E-state index in [1.54, 1.807) is 18.2 Å². The van der Waals surface area contributed by atoms with Crippen LogP contribution in [0.3, 0.4) is 0 Å². The van der Waals surface area contributed by atoms with E-state index >= 15 is 0 Å². The van der Waals surface area contributed by atoms with Gasteiger partial charge in [0.15, 0.2) is 0 Å². The standard InChI is InChI=1S/C12H17BO3/c1-9(2)6-7-16-11-4-5-12(13(14)15)10(3)8-11/h4-5,8,14-15H,1,6-7H2,2-3H3. The minimum absolute atomic E-state index is 0.507. The van der Waals surface area contributed by atoms with Crippen molar-refractivity contribution in [3.8, 4) is 5.75 Å². The van der Waals surface area contributed by atoms with Gasteiger partial charge in [-0.15, -0.1) is 6.58 Å². The fourth-order valence-electron chi connectivity index (χ4n) is 1.37. The van der Waals surface area contributed by atoms with Gasteiger partial charge in [-0.3, -0.25) is 0 Å². The third kappa shape index (κ3) is 3.72. The van der Waals surface area contributed by atoms with E-state index in [1.165, 1.54) is 0 Å². The van der Waals surface area contributed by atoms with Crippen molar-refractivity contribution in [2.75, 3.05) is 6.61 Å². The maximum absolute atomic E-state index is 9.05. The molecule has 0 atom stereocenters. The molecule has 0 radical (unpaired) electrons. The van der Waals surface area contributed by atoms with Crippen LogP contribution in [-0.4, -0.2) is 23.8 Å². The monoisotopic (exact) mass is 220 g/mol. The van der Waals surface area contributed by atoms with Crippen LogP contribution in [0, 0.1) is 6.92 Å². The van der Waals surface area contributed by atoms with Gasteiger partial charge in [0.2, 0.25) is 0 Å². The van der Waals surface area contributed by atoms with Crippen LogP contribution in [0.1, 0.15) is 18.9 Å². The number of hydrogen-bond donors (Lipinski definition) is 2. The lowest BCUT2D eigenvalue weighted by atomic mass is 9.77. The third-order valence-electron chi connectivity index (χ3n) is 2.32. The Hall–Kier alpha value is -1.26. The normalized spacial score (nSPS) is 10.0. The summed E-state index contributed by atoms with van der Waals surface area (Å²) < 4.78 is 5.51. The molecule has 1 rings (SSSR count). The summed E-state index contributed by atoms with van der Waals surface area (Å²) in [7, 11) is -1.43. The molecule has 0 spiro atoms. The van der Waals surface area contributed by atoms with E-state index in [1.807, 2.05) is 13.8 Å². The van der Waals surface area contributed by atoms with Crippen LogP contribution in [0.25, 0.3) is 0 Å². The van der Waals surface area contributed by atoms with Crippen LogP contribution in [0.5, 0.6) is 5.75 Å². The highest BCUT2D eigenvalue weighted by molar-refractivity contribution is 6.59. The van der Waals surface area contributed by atoms with Gasteiger partial charge in [0.05, 0.1) is 6.61 Å². The SMILES string of the molecule is C=C(C)CCOc1ccc(B(O)O)c(C)c1. The number of hydrogen-bond acceptors (Lipinski definition) is 3. The molecule has 3 nitrogen and oxygen atoms in total. The second kappa shape index (κ2) is 5.73. The summed E-state index contributed by atoms with van der Waals surface area (Å²) in [6.07, 6.45) is 0.823. The van der Waals surface area contributed by atoms with Crippen molar-refractivity contribution in [3.63, 3.8) is 0 Å². The van der Waals surface area contributed by atoms with E-state index in [0.29, 0.717) is 12.1 Å². The Balaban J connectivity index is 2.63. The van der Waals surface area contributed by atoms with E-state index in [4.69, 9.17) is 14.8 Å². The third-order valence-corrected chi connectivity index (χ3v) is 2.32. The van der Waals surface area contributed by atoms with Gasteiger partial charge < -0.3 is 14.8 Å². The topological polar surface area (TPSA) is 49.7 Å². The van der Waals surface area contributed by atoms with E-state index in [9.17, 15) is 0 Å². The molecule has 0 saturated carbocycles. The molecular weight excluding hydrogens is 203 g/mol. The Morgan fingerprint density at radius 3 is 2.62 bits per heavy atom. The summed E-state index contributed by atoms with van der Waals surface area (Å²) in [5, 5.41) is 18.1. The highest BCUT2D eigenvalue weighted by Crippen LogP contribution is 2.12. The zero-order valence-corrected chi connectivity index (χ0v) is 9.73. The van der Waals surface area contributed by atoms with Crippen molar-refractivity contribution in [1.29, 1.82) is 0 Å². The van der Waals surface area contributed by atoms with Crippen molar-refractivity contribution >= 4 is 12.6 Å². The van der Waals surface area contributed by atoms with E-state index in [0.717, 1.165) is 23.3 Å². The van der Waals surface area contributed by atoms with Gasteiger partial charge in [0.1, 0.15) is 5.75 Å². The molecule has 1 aromatic carbocycles. The minimum atomic E-state index is -1.43. The fourth-order valence-corrected chi connectivity index (χ4v) is 1.37. The van der Waals surface area contributed by atoms with Crippen LogP contribution in [0.2, 0.25) is 0 Å². The van der Waals surface area contributed by atoms with Crippen LogP contribution in [-0.2, 0) is 0 Å². The molecule has 0 bridgehead atoms. The number of ether oxygens (including phenoxy) is 1. The first kappa shape index (κ1) is 12.8. The molecule has 0 saturated heterocycles. The second-order valence-electron chi connectivity index (χ2n) is 3.95. The van der Waals surface area contributed by atoms with Crippen LogP contribution in [0.15, 0.2) is 30.4 Å². The second-order valence-corrected chi connectivity index (χ2v) is 3.95. The summed E-state index contributed by atoms with van der Waals surface area (Å²) in [6, 6.07) is 5.20. The van der Waals surface area contributed by atoms with Gasteiger partial charge in [0, 0.05) is 6.42 Å². The number of benzene rings is 1. The molecule has 0 aliphatic rings. The van der Waals surface area contributed by atoms with Crippen molar-refractivity contribution in [1.82, 2.24) is 0 Å². The molecule has 0 amide bonds. The first-order valence-corrected chi connectivity index (χ1v) is 5.24. The Bertz CT molecular complexity index is 375. The smallest absolute Gasteiger partial charge is 0.488 e. The maximum Gasteiger partial charge on any atom is 0.488 e. The van der Waals surface area contributed by atoms with Crippen molar-refractivity contribution in [2.45, 2.75) is 20.3 Å². The Morgan fingerprint density at radius 1 is 1.44 bits per heavy atom. The zero-order chi connectivity index (χ0) is 12.1. The maximum atomic E-state index is 9.05. The van der Waals surface area contributed by atoms with Crippen molar-refractivity contribution < 1.29 is 14.8 Å². The summed E-state index contributed by atoms with van der Waals surface area (Å²) >= 11 is 0. The average Bonchev–Trinajstić information content (AvgIpc) is 2.16. The van der Waals surface area contributed by atoms with E-state index in [2.05, 4.69) is 6.58 Å². The lowest BCUT2D eigenvalue weighted by Gasteiger charge is -2.09. The van der Waals surface area contributed by atoms with Crippen LogP contribution < -0.4 is 10.2 Å². The molecule has 16 heavy (non-hydrogen) atoms. The zero-order valence-electron chi connectivity index (χ0n) is 9.73. The molecular formula is C12H17BO3. The van der Waals surface area contributed by atoms with Gasteiger partial charge in [0.25, 0.3) is 0 Å². The largest absolute Gasteiger partial charge is 0.493 e. The molecule has 86 valence electrons. The van der Waals surface area contributed by atoms with Gasteiger partial charge in [-0.25, -0.2) is 0 Å². The number of aryl methyl sites for hydroxylation is 1. The number of rotatable bonds is 5. The lowest BCUT2D eigenvalue weighted by molar-refractivity contribution is 0.321. The van der Waals surface area contributed by atoms with Crippen molar-refractivity contribution in [3.05, 3.63) is 35.9 Å². The predicted molar refractivity (Wildman–Crippen MR) is 65.9 cm³/mol. The fraction of sp³-hybridized carbons (Fsp3) is 0.333. The van der Waals surface area contributed by atoms with Crippen molar-refractivity contribution in [2.24, 2.45) is 0 Å².